The Balaban J connectivity index is 1.81. The highest BCUT2D eigenvalue weighted by Crippen LogP contribution is 2.43. The minimum atomic E-state index is -0.189. The maximum absolute atomic E-state index is 5.76. The topological polar surface area (TPSA) is 74.2 Å². The summed E-state index contributed by atoms with van der Waals surface area (Å²) >= 11 is 0. The average Bonchev–Trinajstić information content (AvgIpc) is 2.93. The molecule has 5 heteroatoms. The van der Waals surface area contributed by atoms with Gasteiger partial charge < -0.3 is 15.0 Å². The predicted molar refractivity (Wildman–Crippen MR) is 52.2 cm³/mol. The smallest absolute Gasteiger partial charge is 0.243 e. The van der Waals surface area contributed by atoms with E-state index in [4.69, 9.17) is 15.0 Å². The summed E-state index contributed by atoms with van der Waals surface area (Å²) in [5.41, 5.74) is 5.67. The Morgan fingerprint density at radius 2 is 2.33 bits per heavy atom. The van der Waals surface area contributed by atoms with Gasteiger partial charge in [-0.05, 0) is 26.2 Å². The zero-order valence-electron chi connectivity index (χ0n) is 8.72. The molecule has 0 spiro atoms. The lowest BCUT2D eigenvalue weighted by atomic mass is 9.89. The SMILES string of the molecule is CC(N)c1nc(C2CC3CCC2O3)no1. The lowest BCUT2D eigenvalue weighted by Crippen LogP contribution is -2.16. The summed E-state index contributed by atoms with van der Waals surface area (Å²) in [6, 6.07) is -0.189. The Hall–Kier alpha value is -0.940. The summed E-state index contributed by atoms with van der Waals surface area (Å²) in [5.74, 6) is 1.61. The maximum Gasteiger partial charge on any atom is 0.243 e. The van der Waals surface area contributed by atoms with Crippen LogP contribution in [0.15, 0.2) is 4.52 Å². The first-order valence-corrected chi connectivity index (χ1v) is 5.48. The van der Waals surface area contributed by atoms with Crippen LogP contribution in [0.25, 0.3) is 0 Å². The van der Waals surface area contributed by atoms with Gasteiger partial charge in [-0.2, -0.15) is 4.98 Å². The summed E-state index contributed by atoms with van der Waals surface area (Å²) in [6.07, 6.45) is 4.05. The summed E-state index contributed by atoms with van der Waals surface area (Å²) in [7, 11) is 0. The second-order valence-electron chi connectivity index (χ2n) is 4.50. The molecule has 2 fully saturated rings. The number of ether oxygens (including phenoxy) is 1. The molecule has 2 bridgehead atoms. The Kier molecular flexibility index (Phi) is 2.03. The van der Waals surface area contributed by atoms with Gasteiger partial charge in [-0.3, -0.25) is 0 Å². The van der Waals surface area contributed by atoms with Crippen molar-refractivity contribution >= 4 is 0 Å². The first kappa shape index (κ1) is 9.30. The third kappa shape index (κ3) is 1.46. The van der Waals surface area contributed by atoms with Crippen molar-refractivity contribution in [1.29, 1.82) is 0 Å². The van der Waals surface area contributed by atoms with Gasteiger partial charge in [-0.1, -0.05) is 5.16 Å². The van der Waals surface area contributed by atoms with Crippen LogP contribution in [0.1, 0.15) is 49.9 Å². The van der Waals surface area contributed by atoms with Crippen molar-refractivity contribution < 1.29 is 9.26 Å². The van der Waals surface area contributed by atoms with Gasteiger partial charge in [-0.15, -0.1) is 0 Å². The monoisotopic (exact) mass is 209 g/mol. The third-order valence-electron chi connectivity index (χ3n) is 3.28. The second-order valence-corrected chi connectivity index (χ2v) is 4.50. The Bertz CT molecular complexity index is 363. The molecule has 4 atom stereocenters. The number of hydrogen-bond acceptors (Lipinski definition) is 5. The number of aromatic nitrogens is 2. The molecule has 3 heterocycles. The van der Waals surface area contributed by atoms with Crippen LogP contribution in [0.3, 0.4) is 0 Å². The predicted octanol–water partition coefficient (Wildman–Crippen LogP) is 1.12. The molecular formula is C10H15N3O2. The molecule has 15 heavy (non-hydrogen) atoms. The van der Waals surface area contributed by atoms with Gasteiger partial charge in [0.15, 0.2) is 5.82 Å². The minimum absolute atomic E-state index is 0.189. The molecular weight excluding hydrogens is 194 g/mol. The van der Waals surface area contributed by atoms with Crippen LogP contribution in [0.4, 0.5) is 0 Å². The summed E-state index contributed by atoms with van der Waals surface area (Å²) in [4.78, 5) is 4.33. The van der Waals surface area contributed by atoms with Gasteiger partial charge in [0.1, 0.15) is 0 Å². The van der Waals surface area contributed by atoms with E-state index in [9.17, 15) is 0 Å². The van der Waals surface area contributed by atoms with E-state index in [1.54, 1.807) is 0 Å². The molecule has 2 N–H and O–H groups in total. The molecule has 1 aromatic heterocycles. The molecule has 1 aromatic rings. The molecule has 2 saturated heterocycles. The highest BCUT2D eigenvalue weighted by molar-refractivity contribution is 5.07. The van der Waals surface area contributed by atoms with Crippen molar-refractivity contribution in [3.05, 3.63) is 11.7 Å². The Labute approximate surface area is 88.0 Å². The number of nitrogens with two attached hydrogens (primary N) is 1. The quantitative estimate of drug-likeness (QED) is 0.790. The molecule has 0 radical (unpaired) electrons. The van der Waals surface area contributed by atoms with Crippen molar-refractivity contribution in [3.8, 4) is 0 Å². The van der Waals surface area contributed by atoms with Crippen molar-refractivity contribution in [2.75, 3.05) is 0 Å². The van der Waals surface area contributed by atoms with E-state index in [1.165, 1.54) is 6.42 Å². The van der Waals surface area contributed by atoms with E-state index in [-0.39, 0.29) is 6.04 Å². The van der Waals surface area contributed by atoms with Crippen molar-refractivity contribution in [2.45, 2.75) is 50.4 Å². The van der Waals surface area contributed by atoms with Crippen LogP contribution in [0.2, 0.25) is 0 Å². The second kappa shape index (κ2) is 3.28. The highest BCUT2D eigenvalue weighted by Gasteiger charge is 2.43. The fourth-order valence-electron chi connectivity index (χ4n) is 2.49. The Morgan fingerprint density at radius 3 is 2.87 bits per heavy atom. The zero-order chi connectivity index (χ0) is 10.4. The fraction of sp³-hybridized carbons (Fsp3) is 0.800. The lowest BCUT2D eigenvalue weighted by molar-refractivity contribution is 0.0996. The average molecular weight is 209 g/mol. The van der Waals surface area contributed by atoms with Crippen molar-refractivity contribution in [3.63, 3.8) is 0 Å². The van der Waals surface area contributed by atoms with E-state index in [2.05, 4.69) is 10.1 Å². The normalized spacial score (nSPS) is 36.0. The van der Waals surface area contributed by atoms with Crippen LogP contribution >= 0.6 is 0 Å². The van der Waals surface area contributed by atoms with Crippen LogP contribution in [-0.2, 0) is 4.74 Å². The van der Waals surface area contributed by atoms with E-state index >= 15 is 0 Å². The van der Waals surface area contributed by atoms with Gasteiger partial charge >= 0.3 is 0 Å². The molecule has 2 aliphatic rings. The summed E-state index contributed by atoms with van der Waals surface area (Å²) < 4.78 is 10.9. The molecule has 82 valence electrons. The molecule has 3 rings (SSSR count). The number of hydrogen-bond donors (Lipinski definition) is 1. The standard InChI is InChI=1S/C10H15N3O2/c1-5(11)10-12-9(13-15-10)7-4-6-2-3-8(7)14-6/h5-8H,2-4,11H2,1H3. The van der Waals surface area contributed by atoms with Gasteiger partial charge in [0.25, 0.3) is 0 Å². The molecule has 0 amide bonds. The maximum atomic E-state index is 5.76. The summed E-state index contributed by atoms with van der Waals surface area (Å²) in [5, 5.41) is 3.99. The highest BCUT2D eigenvalue weighted by atomic mass is 16.5. The fourth-order valence-corrected chi connectivity index (χ4v) is 2.49. The first-order chi connectivity index (χ1) is 7.24. The molecule has 4 unspecified atom stereocenters. The molecule has 0 aromatic carbocycles. The van der Waals surface area contributed by atoms with Gasteiger partial charge in [-0.25, -0.2) is 0 Å². The minimum Gasteiger partial charge on any atom is -0.374 e. The largest absolute Gasteiger partial charge is 0.374 e. The van der Waals surface area contributed by atoms with Crippen molar-refractivity contribution in [2.24, 2.45) is 5.73 Å². The van der Waals surface area contributed by atoms with Crippen molar-refractivity contribution in [1.82, 2.24) is 10.1 Å². The van der Waals surface area contributed by atoms with Gasteiger partial charge in [0, 0.05) is 0 Å². The van der Waals surface area contributed by atoms with E-state index in [0.29, 0.717) is 24.0 Å². The number of nitrogens with zero attached hydrogens (tertiary/aromatic N) is 2. The molecule has 0 saturated carbocycles. The molecule has 2 aliphatic heterocycles. The van der Waals surface area contributed by atoms with Gasteiger partial charge in [0.05, 0.1) is 24.2 Å². The van der Waals surface area contributed by atoms with E-state index in [1.807, 2.05) is 6.92 Å². The molecule has 5 nitrogen and oxygen atoms in total. The van der Waals surface area contributed by atoms with Crippen LogP contribution < -0.4 is 5.73 Å². The van der Waals surface area contributed by atoms with Gasteiger partial charge in [0.2, 0.25) is 5.89 Å². The van der Waals surface area contributed by atoms with Crippen LogP contribution in [-0.4, -0.2) is 22.3 Å². The summed E-state index contributed by atoms with van der Waals surface area (Å²) in [6.45, 7) is 1.84. The number of rotatable bonds is 2. The Morgan fingerprint density at radius 1 is 1.47 bits per heavy atom. The zero-order valence-corrected chi connectivity index (χ0v) is 8.72. The lowest BCUT2D eigenvalue weighted by Gasteiger charge is -2.13. The third-order valence-corrected chi connectivity index (χ3v) is 3.28. The van der Waals surface area contributed by atoms with Crippen LogP contribution in [0, 0.1) is 0 Å². The molecule has 0 aliphatic carbocycles. The van der Waals surface area contributed by atoms with Crippen LogP contribution in [0.5, 0.6) is 0 Å². The van der Waals surface area contributed by atoms with E-state index < -0.39 is 0 Å². The van der Waals surface area contributed by atoms with E-state index in [0.717, 1.165) is 18.7 Å². The first-order valence-electron chi connectivity index (χ1n) is 5.48. The number of fused-ring (bicyclic) bond motifs is 2.